The fourth-order valence-electron chi connectivity index (χ4n) is 5.78. The number of carbonyl (C=O) groups excluding carboxylic acids is 4. The molecule has 4 rings (SSSR count). The minimum atomic E-state index is -1.30. The fourth-order valence-corrected chi connectivity index (χ4v) is 5.78. The van der Waals surface area contributed by atoms with Crippen LogP contribution in [0.4, 0.5) is 10.5 Å². The van der Waals surface area contributed by atoms with Gasteiger partial charge in [-0.15, -0.1) is 0 Å². The average Bonchev–Trinajstić information content (AvgIpc) is 3.15. The number of carbonyl (C=O) groups is 5. The molecule has 0 spiro atoms. The molecule has 2 aromatic rings. The van der Waals surface area contributed by atoms with Gasteiger partial charge in [0.05, 0.1) is 42.8 Å². The Morgan fingerprint density at radius 1 is 0.944 bits per heavy atom. The minimum absolute atomic E-state index is 0.0246. The second-order valence-corrected chi connectivity index (χ2v) is 14.1. The van der Waals surface area contributed by atoms with Gasteiger partial charge in [-0.25, -0.2) is 9.59 Å². The van der Waals surface area contributed by atoms with Gasteiger partial charge in [-0.1, -0.05) is 12.1 Å². The predicted molar refractivity (Wildman–Crippen MR) is 189 cm³/mol. The van der Waals surface area contributed by atoms with E-state index in [9.17, 15) is 34.2 Å². The number of hydrogen-bond donors (Lipinski definition) is 4. The number of nitrogens with zero attached hydrogens (tertiary/aromatic N) is 1. The summed E-state index contributed by atoms with van der Waals surface area (Å²) in [6.07, 6.45) is -4.45. The molecule has 2 aromatic carbocycles. The highest BCUT2D eigenvalue weighted by molar-refractivity contribution is 5.97. The third kappa shape index (κ3) is 12.7. The molecule has 54 heavy (non-hydrogen) atoms. The van der Waals surface area contributed by atoms with Crippen molar-refractivity contribution in [3.8, 4) is 5.75 Å². The molecular weight excluding hydrogens is 710 g/mol. The monoisotopic (exact) mass is 759 g/mol. The van der Waals surface area contributed by atoms with Crippen molar-refractivity contribution in [2.75, 3.05) is 44.8 Å². The van der Waals surface area contributed by atoms with E-state index in [-0.39, 0.29) is 68.2 Å². The lowest BCUT2D eigenvalue weighted by Crippen LogP contribution is -2.54. The van der Waals surface area contributed by atoms with Gasteiger partial charge in [0.1, 0.15) is 25.6 Å². The van der Waals surface area contributed by atoms with E-state index in [2.05, 4.69) is 29.4 Å². The van der Waals surface area contributed by atoms with Crippen molar-refractivity contribution in [3.05, 3.63) is 58.7 Å². The van der Waals surface area contributed by atoms with Gasteiger partial charge < -0.3 is 48.7 Å². The molecule has 2 amide bonds. The second-order valence-electron chi connectivity index (χ2n) is 14.1. The third-order valence-corrected chi connectivity index (χ3v) is 8.85. The maximum Gasteiger partial charge on any atom is 0.411 e. The third-order valence-electron chi connectivity index (χ3n) is 8.85. The van der Waals surface area contributed by atoms with Crippen molar-refractivity contribution in [2.45, 2.75) is 90.0 Å². The molecule has 17 nitrogen and oxygen atoms in total. The van der Waals surface area contributed by atoms with E-state index < -0.39 is 42.1 Å². The van der Waals surface area contributed by atoms with Gasteiger partial charge in [0.25, 0.3) is 18.9 Å². The maximum absolute atomic E-state index is 13.7. The van der Waals surface area contributed by atoms with Gasteiger partial charge in [0.15, 0.2) is 6.10 Å². The fraction of sp³-hybridized carbons (Fsp3) is 0.541. The number of carboxylic acids is 1. The largest absolute Gasteiger partial charge is 0.479 e. The van der Waals surface area contributed by atoms with Crippen LogP contribution in [0.2, 0.25) is 0 Å². The Hall–Kier alpha value is -4.81. The first-order valence-corrected chi connectivity index (χ1v) is 17.5. The number of hydrogen-bond acceptors (Lipinski definition) is 14. The number of anilines is 1. The van der Waals surface area contributed by atoms with Gasteiger partial charge >= 0.3 is 12.1 Å². The number of rotatable bonds is 19. The van der Waals surface area contributed by atoms with E-state index in [4.69, 9.17) is 33.2 Å². The van der Waals surface area contributed by atoms with E-state index in [1.165, 1.54) is 18.2 Å². The lowest BCUT2D eigenvalue weighted by Gasteiger charge is -2.42. The molecule has 0 radical (unpaired) electrons. The second kappa shape index (κ2) is 19.5. The molecule has 0 saturated carbocycles. The number of aliphatic hydroxyl groups is 1. The van der Waals surface area contributed by atoms with Gasteiger partial charge in [-0.3, -0.25) is 24.6 Å². The highest BCUT2D eigenvalue weighted by Crippen LogP contribution is 2.28. The van der Waals surface area contributed by atoms with Gasteiger partial charge in [-0.05, 0) is 63.1 Å². The van der Waals surface area contributed by atoms with Crippen molar-refractivity contribution in [3.63, 3.8) is 0 Å². The normalized spacial score (nSPS) is 19.2. The zero-order valence-corrected chi connectivity index (χ0v) is 30.9. The quantitative estimate of drug-likeness (QED) is 0.120. The number of carboxylic acid groups (broad SMARTS) is 1. The molecule has 2 heterocycles. The van der Waals surface area contributed by atoms with E-state index >= 15 is 0 Å². The summed E-state index contributed by atoms with van der Waals surface area (Å²) in [5.41, 5.74) is 0.695. The topological polar surface area (TPSA) is 218 Å². The lowest BCUT2D eigenvalue weighted by molar-refractivity contribution is -0.195. The molecule has 296 valence electrons. The van der Waals surface area contributed by atoms with Crippen LogP contribution in [0, 0.1) is 0 Å². The van der Waals surface area contributed by atoms with Gasteiger partial charge in [0.2, 0.25) is 6.29 Å². The molecule has 0 aliphatic carbocycles. The molecule has 0 bridgehead atoms. The van der Waals surface area contributed by atoms with Gasteiger partial charge in [-0.2, -0.15) is 0 Å². The SMILES string of the molecule is CC(C)(CNC(=O)c1cc(COC(=O)Nc2ccc(COC=O)cc2COC=O)ccc1OC1CC(O)CC(C(=O)O)O1)OCC(C)(C)N1CCOCC1. The summed E-state index contributed by atoms with van der Waals surface area (Å²) >= 11 is 0. The van der Waals surface area contributed by atoms with E-state index in [0.717, 1.165) is 13.1 Å². The van der Waals surface area contributed by atoms with Crippen molar-refractivity contribution in [1.82, 2.24) is 10.2 Å². The molecule has 0 aromatic heterocycles. The summed E-state index contributed by atoms with van der Waals surface area (Å²) in [5.74, 6) is -1.75. The Morgan fingerprint density at radius 3 is 2.33 bits per heavy atom. The van der Waals surface area contributed by atoms with Crippen molar-refractivity contribution in [2.24, 2.45) is 0 Å². The molecule has 2 aliphatic rings. The van der Waals surface area contributed by atoms with Crippen LogP contribution < -0.4 is 15.4 Å². The molecule has 3 atom stereocenters. The van der Waals surface area contributed by atoms with Crippen LogP contribution in [0.5, 0.6) is 5.75 Å². The summed E-state index contributed by atoms with van der Waals surface area (Å²) in [7, 11) is 0. The number of amides is 2. The minimum Gasteiger partial charge on any atom is -0.479 e. The molecule has 2 aliphatic heterocycles. The van der Waals surface area contributed by atoms with Crippen molar-refractivity contribution >= 4 is 36.6 Å². The van der Waals surface area contributed by atoms with Crippen LogP contribution in [0.1, 0.15) is 67.6 Å². The van der Waals surface area contributed by atoms with E-state index in [1.54, 1.807) is 18.2 Å². The smallest absolute Gasteiger partial charge is 0.411 e. The highest BCUT2D eigenvalue weighted by Gasteiger charge is 2.35. The Morgan fingerprint density at radius 2 is 1.63 bits per heavy atom. The van der Waals surface area contributed by atoms with Crippen molar-refractivity contribution in [1.29, 1.82) is 0 Å². The first kappa shape index (κ1) is 41.9. The number of morpholine rings is 1. The number of benzene rings is 2. The highest BCUT2D eigenvalue weighted by atomic mass is 16.7. The van der Waals surface area contributed by atoms with Crippen LogP contribution in [0.25, 0.3) is 0 Å². The van der Waals surface area contributed by atoms with E-state index in [1.807, 2.05) is 13.8 Å². The number of ether oxygens (including phenoxy) is 7. The number of aliphatic hydroxyl groups excluding tert-OH is 1. The standard InChI is InChI=1S/C37H49N3O14/c1-36(2,40-9-11-48-12-10-40)21-52-37(3,4)20-38-33(44)28-14-25(6-8-30(28)53-32-16-27(43)15-31(54-32)34(45)46)18-51-35(47)39-29-7-5-24(17-49-22-41)13-26(29)19-50-23-42/h5-8,13-14,22-23,27,31-32,43H,9-12,15-21H2,1-4H3,(H,38,44)(H,39,47)(H,45,46). The Kier molecular flexibility index (Phi) is 15.1. The summed E-state index contributed by atoms with van der Waals surface area (Å²) < 4.78 is 38.3. The molecule has 4 N–H and O–H groups in total. The summed E-state index contributed by atoms with van der Waals surface area (Å²) in [5, 5.41) is 25.2. The first-order chi connectivity index (χ1) is 25.7. The average molecular weight is 760 g/mol. The molecule has 3 unspecified atom stereocenters. The first-order valence-electron chi connectivity index (χ1n) is 17.5. The number of aliphatic carboxylic acids is 1. The van der Waals surface area contributed by atoms with Gasteiger partial charge in [0, 0.05) is 43.6 Å². The van der Waals surface area contributed by atoms with Crippen LogP contribution in [-0.4, -0.2) is 115 Å². The van der Waals surface area contributed by atoms with Crippen LogP contribution in [0.3, 0.4) is 0 Å². The molecular formula is C37H49N3O14. The summed E-state index contributed by atoms with van der Waals surface area (Å²) in [4.78, 5) is 61.9. The Labute approximate surface area is 313 Å². The van der Waals surface area contributed by atoms with Crippen LogP contribution >= 0.6 is 0 Å². The van der Waals surface area contributed by atoms with E-state index in [0.29, 0.717) is 43.0 Å². The van der Waals surface area contributed by atoms with Crippen LogP contribution in [-0.2, 0) is 62.6 Å². The molecule has 17 heteroatoms. The molecule has 2 saturated heterocycles. The lowest BCUT2D eigenvalue weighted by atomic mass is 10.0. The molecule has 2 fully saturated rings. The summed E-state index contributed by atoms with van der Waals surface area (Å²) in [6.45, 7) is 11.4. The summed E-state index contributed by atoms with van der Waals surface area (Å²) in [6, 6.07) is 9.23. The Bertz CT molecular complexity index is 1610. The van der Waals surface area contributed by atoms with Crippen molar-refractivity contribution < 1.29 is 67.3 Å². The zero-order chi connectivity index (χ0) is 39.3. The van der Waals surface area contributed by atoms with Crippen LogP contribution in [0.15, 0.2) is 36.4 Å². The maximum atomic E-state index is 13.7. The number of nitrogens with one attached hydrogen (secondary N) is 2. The zero-order valence-electron chi connectivity index (χ0n) is 30.9. The predicted octanol–water partition coefficient (Wildman–Crippen LogP) is 2.75. The Balaban J connectivity index is 1.46.